The van der Waals surface area contributed by atoms with Gasteiger partial charge in [0.25, 0.3) is 5.24 Å². The summed E-state index contributed by atoms with van der Waals surface area (Å²) < 4.78 is 0. The second-order valence-electron chi connectivity index (χ2n) is 10.7. The molecule has 7 aromatic rings. The Morgan fingerprint density at radius 3 is 1.11 bits per heavy atom. The Labute approximate surface area is 267 Å². The van der Waals surface area contributed by atoms with Gasteiger partial charge >= 0.3 is 0 Å². The molecule has 0 amide bonds. The number of aromatic nitrogens is 2. The first-order valence-corrected chi connectivity index (χ1v) is 15.1. The monoisotopic (exact) mass is 598 g/mol. The summed E-state index contributed by atoms with van der Waals surface area (Å²) >= 11 is 6.14. The number of hydrogen-bond acceptors (Lipinski definition) is 3. The zero-order valence-corrected chi connectivity index (χ0v) is 25.0. The van der Waals surface area contributed by atoms with Crippen LogP contribution in [0.25, 0.3) is 67.0 Å². The van der Waals surface area contributed by atoms with Gasteiger partial charge in [0, 0.05) is 29.1 Å². The predicted molar refractivity (Wildman–Crippen MR) is 185 cm³/mol. The molecule has 2 aromatic heterocycles. The molecule has 7 rings (SSSR count). The van der Waals surface area contributed by atoms with Gasteiger partial charge in [0.05, 0.1) is 11.4 Å². The van der Waals surface area contributed by atoms with E-state index in [0.717, 1.165) is 67.0 Å². The molecule has 5 aromatic carbocycles. The van der Waals surface area contributed by atoms with Crippen LogP contribution in [0.2, 0.25) is 0 Å². The van der Waals surface area contributed by atoms with Gasteiger partial charge in [0.15, 0.2) is 0 Å². The molecule has 0 N–H and O–H groups in total. The fourth-order valence-electron chi connectivity index (χ4n) is 5.73. The first kappa shape index (κ1) is 28.1. The zero-order valence-electron chi connectivity index (χ0n) is 24.3. The molecule has 0 aliphatic heterocycles. The molecule has 214 valence electrons. The van der Waals surface area contributed by atoms with E-state index >= 15 is 0 Å². The Bertz CT molecular complexity index is 1960. The Hall–Kier alpha value is -5.64. The molecule has 2 heterocycles. The van der Waals surface area contributed by atoms with Gasteiger partial charge in [-0.1, -0.05) is 109 Å². The molecule has 0 unspecified atom stereocenters. The minimum absolute atomic E-state index is 0.449. The Kier molecular flexibility index (Phi) is 7.84. The number of carbonyl (C=O) groups excluding carboxylic acids is 1. The van der Waals surface area contributed by atoms with Crippen molar-refractivity contribution < 1.29 is 4.79 Å². The maximum atomic E-state index is 12.6. The van der Waals surface area contributed by atoms with Crippen molar-refractivity contribution in [3.05, 3.63) is 170 Å². The van der Waals surface area contributed by atoms with E-state index in [1.54, 1.807) is 12.4 Å². The molecule has 0 aliphatic carbocycles. The molecule has 0 saturated carbocycles. The summed E-state index contributed by atoms with van der Waals surface area (Å²) in [5, 5.41) is -0.493. The third kappa shape index (κ3) is 5.95. The lowest BCUT2D eigenvalue weighted by molar-refractivity contribution is 0.108. The molecule has 0 spiro atoms. The minimum Gasteiger partial charge on any atom is -0.276 e. The van der Waals surface area contributed by atoms with E-state index in [2.05, 4.69) is 88.8 Å². The molecule has 0 atom stereocenters. The van der Waals surface area contributed by atoms with Gasteiger partial charge in [-0.3, -0.25) is 14.8 Å². The van der Waals surface area contributed by atoms with Crippen LogP contribution in [0.5, 0.6) is 0 Å². The number of benzene rings is 5. The van der Waals surface area contributed by atoms with E-state index < -0.39 is 5.24 Å². The number of nitrogens with zero attached hydrogens (tertiary/aromatic N) is 2. The summed E-state index contributed by atoms with van der Waals surface area (Å²) in [7, 11) is 0. The van der Waals surface area contributed by atoms with Crippen LogP contribution < -0.4 is 0 Å². The molecule has 45 heavy (non-hydrogen) atoms. The lowest BCUT2D eigenvalue weighted by Gasteiger charge is -2.16. The normalized spacial score (nSPS) is 10.9. The zero-order chi connectivity index (χ0) is 30.6. The summed E-state index contributed by atoms with van der Waals surface area (Å²) in [5.41, 5.74) is 12.6. The third-order valence-corrected chi connectivity index (χ3v) is 8.17. The first-order valence-electron chi connectivity index (χ1n) is 14.7. The fraction of sp³-hybridized carbons (Fsp3) is 0. The van der Waals surface area contributed by atoms with Crippen LogP contribution in [-0.2, 0) is 0 Å². The van der Waals surface area contributed by atoms with Gasteiger partial charge in [-0.15, -0.1) is 0 Å². The molecule has 0 bridgehead atoms. The SMILES string of the molecule is O=C(Cl)c1cc(-c2ccccc2-c2ccc(-c3ccccn3)cc2)cc(-c2ccccc2-c2ccc(-c3ccccn3)cc2)c1. The summed E-state index contributed by atoms with van der Waals surface area (Å²) in [6.07, 6.45) is 3.60. The highest BCUT2D eigenvalue weighted by Gasteiger charge is 2.15. The molecule has 3 nitrogen and oxygen atoms in total. The highest BCUT2D eigenvalue weighted by Crippen LogP contribution is 2.39. The maximum absolute atomic E-state index is 12.6. The van der Waals surface area contributed by atoms with Crippen molar-refractivity contribution >= 4 is 16.8 Å². The van der Waals surface area contributed by atoms with E-state index in [4.69, 9.17) is 11.6 Å². The highest BCUT2D eigenvalue weighted by molar-refractivity contribution is 6.67. The van der Waals surface area contributed by atoms with Gasteiger partial charge in [-0.2, -0.15) is 0 Å². The highest BCUT2D eigenvalue weighted by atomic mass is 35.5. The van der Waals surface area contributed by atoms with Gasteiger partial charge in [0.2, 0.25) is 0 Å². The number of rotatable bonds is 7. The average Bonchev–Trinajstić information content (AvgIpc) is 3.12. The standard InChI is InChI=1S/C41H27ClN2O/c42-41(45)34-26-32(37-11-3-1-9-35(37)28-15-19-30(20-16-28)39-13-5-7-23-43-39)25-33(27-34)38-12-4-2-10-36(38)29-17-21-31(22-18-29)40-14-6-8-24-44-40/h1-27H. The number of hydrogen-bond donors (Lipinski definition) is 0. The van der Waals surface area contributed by atoms with Crippen molar-refractivity contribution in [2.45, 2.75) is 0 Å². The topological polar surface area (TPSA) is 42.9 Å². The number of halogens is 1. The largest absolute Gasteiger partial charge is 0.276 e. The molecule has 0 saturated heterocycles. The fourth-order valence-corrected chi connectivity index (χ4v) is 5.84. The smallest absolute Gasteiger partial charge is 0.252 e. The van der Waals surface area contributed by atoms with Crippen molar-refractivity contribution in [1.82, 2.24) is 9.97 Å². The maximum Gasteiger partial charge on any atom is 0.252 e. The second kappa shape index (κ2) is 12.5. The summed E-state index contributed by atoms with van der Waals surface area (Å²) in [6.45, 7) is 0. The van der Waals surface area contributed by atoms with Crippen LogP contribution in [0.3, 0.4) is 0 Å². The number of carbonyl (C=O) groups is 1. The second-order valence-corrected chi connectivity index (χ2v) is 11.1. The predicted octanol–water partition coefficient (Wildman–Crippen LogP) is 10.9. The van der Waals surface area contributed by atoms with Crippen LogP contribution in [-0.4, -0.2) is 15.2 Å². The van der Waals surface area contributed by atoms with Crippen LogP contribution in [0.1, 0.15) is 10.4 Å². The van der Waals surface area contributed by atoms with Crippen molar-refractivity contribution in [3.8, 4) is 67.0 Å². The minimum atomic E-state index is -0.493. The average molecular weight is 599 g/mol. The summed E-state index contributed by atoms with van der Waals surface area (Å²) in [4.78, 5) is 21.6. The Morgan fingerprint density at radius 1 is 0.400 bits per heavy atom. The van der Waals surface area contributed by atoms with Gasteiger partial charge in [-0.05, 0) is 98.6 Å². The molecule has 0 radical (unpaired) electrons. The van der Waals surface area contributed by atoms with Gasteiger partial charge in [-0.25, -0.2) is 0 Å². The lowest BCUT2D eigenvalue weighted by atomic mass is 9.88. The third-order valence-electron chi connectivity index (χ3n) is 7.95. The van der Waals surface area contributed by atoms with E-state index in [9.17, 15) is 4.79 Å². The van der Waals surface area contributed by atoms with Crippen LogP contribution in [0.4, 0.5) is 0 Å². The summed E-state index contributed by atoms with van der Waals surface area (Å²) in [5.74, 6) is 0. The van der Waals surface area contributed by atoms with Crippen molar-refractivity contribution in [1.29, 1.82) is 0 Å². The van der Waals surface area contributed by atoms with Crippen LogP contribution >= 0.6 is 11.6 Å². The molecule has 0 fully saturated rings. The quantitative estimate of drug-likeness (QED) is 0.171. The summed E-state index contributed by atoms with van der Waals surface area (Å²) in [6, 6.07) is 51.1. The van der Waals surface area contributed by atoms with Crippen molar-refractivity contribution in [3.63, 3.8) is 0 Å². The Balaban J connectivity index is 1.30. The Morgan fingerprint density at radius 2 is 0.756 bits per heavy atom. The van der Waals surface area contributed by atoms with Gasteiger partial charge in [0.1, 0.15) is 0 Å². The number of pyridine rings is 2. The molecule has 0 aliphatic rings. The van der Waals surface area contributed by atoms with Gasteiger partial charge < -0.3 is 0 Å². The van der Waals surface area contributed by atoms with E-state index in [1.165, 1.54) is 0 Å². The van der Waals surface area contributed by atoms with E-state index in [-0.39, 0.29) is 0 Å². The van der Waals surface area contributed by atoms with E-state index in [1.807, 2.05) is 72.8 Å². The van der Waals surface area contributed by atoms with Crippen molar-refractivity contribution in [2.24, 2.45) is 0 Å². The molecular weight excluding hydrogens is 572 g/mol. The van der Waals surface area contributed by atoms with Crippen LogP contribution in [0, 0.1) is 0 Å². The lowest BCUT2D eigenvalue weighted by Crippen LogP contribution is -1.94. The first-order chi connectivity index (χ1) is 22.1. The van der Waals surface area contributed by atoms with Crippen LogP contribution in [0.15, 0.2) is 164 Å². The van der Waals surface area contributed by atoms with E-state index in [0.29, 0.717) is 5.56 Å². The van der Waals surface area contributed by atoms with Crippen molar-refractivity contribution in [2.75, 3.05) is 0 Å². The molecular formula is C41H27ClN2O. The molecule has 4 heteroatoms.